The van der Waals surface area contributed by atoms with Crippen LogP contribution >= 0.6 is 7.14 Å². The van der Waals surface area contributed by atoms with Crippen LogP contribution in [0.1, 0.15) is 34.6 Å². The molecule has 1 fully saturated rings. The summed E-state index contributed by atoms with van der Waals surface area (Å²) in [6.45, 7) is 20.1. The highest BCUT2D eigenvalue weighted by Gasteiger charge is 2.39. The topological polar surface area (TPSA) is 23.6 Å². The van der Waals surface area contributed by atoms with Crippen molar-refractivity contribution in [1.29, 1.82) is 0 Å². The third-order valence-corrected chi connectivity index (χ3v) is 9.66. The average Bonchev–Trinajstić information content (AvgIpc) is 2.59. The van der Waals surface area contributed by atoms with Crippen molar-refractivity contribution in [2.75, 3.05) is 38.9 Å². The second kappa shape index (κ2) is 7.78. The third kappa shape index (κ3) is 4.64. The molecule has 25 heavy (non-hydrogen) atoms. The number of benzene rings is 1. The minimum atomic E-state index is -2.56. The van der Waals surface area contributed by atoms with Gasteiger partial charge in [-0.05, 0) is 34.6 Å². The molecule has 140 valence electrons. The minimum absolute atomic E-state index is 0.232. The molecular formula is C21H35N2OP. The van der Waals surface area contributed by atoms with Crippen LogP contribution in [-0.4, -0.2) is 59.4 Å². The largest absolute Gasteiger partial charge is 0.318 e. The summed E-state index contributed by atoms with van der Waals surface area (Å²) in [5.41, 5.74) is 0.232. The lowest BCUT2D eigenvalue weighted by Gasteiger charge is -2.43. The Bertz CT molecular complexity index is 611. The maximum atomic E-state index is 14.0. The van der Waals surface area contributed by atoms with Crippen LogP contribution in [0, 0.1) is 0 Å². The number of rotatable bonds is 6. The number of hydrogen-bond acceptors (Lipinski definition) is 3. The van der Waals surface area contributed by atoms with E-state index in [0.717, 1.165) is 38.0 Å². The molecule has 0 aliphatic carbocycles. The number of piperazine rings is 1. The summed E-state index contributed by atoms with van der Waals surface area (Å²) in [4.78, 5) is 5.00. The first-order valence-electron chi connectivity index (χ1n) is 9.36. The Labute approximate surface area is 154 Å². The van der Waals surface area contributed by atoms with Crippen molar-refractivity contribution in [3.63, 3.8) is 0 Å². The molecule has 1 aliphatic heterocycles. The van der Waals surface area contributed by atoms with Crippen molar-refractivity contribution >= 4 is 12.4 Å². The van der Waals surface area contributed by atoms with Gasteiger partial charge in [0.25, 0.3) is 0 Å². The fourth-order valence-corrected chi connectivity index (χ4v) is 6.50. The SMILES string of the molecule is C=CC(C)(C)P(=O)(CCN1CCN(C(C)(C)C)CC1)c1ccccc1. The van der Waals surface area contributed by atoms with E-state index >= 15 is 0 Å². The lowest BCUT2D eigenvalue weighted by molar-refractivity contribution is 0.0650. The molecule has 3 nitrogen and oxygen atoms in total. The van der Waals surface area contributed by atoms with Gasteiger partial charge in [-0.15, -0.1) is 6.58 Å². The van der Waals surface area contributed by atoms with E-state index in [2.05, 4.69) is 51.0 Å². The smallest absolute Gasteiger partial charge is 0.125 e. The van der Waals surface area contributed by atoms with E-state index in [4.69, 9.17) is 0 Å². The Morgan fingerprint density at radius 3 is 2.08 bits per heavy atom. The molecule has 0 radical (unpaired) electrons. The lowest BCUT2D eigenvalue weighted by Crippen LogP contribution is -2.53. The van der Waals surface area contributed by atoms with Crippen LogP contribution < -0.4 is 5.30 Å². The molecule has 1 saturated heterocycles. The zero-order chi connectivity index (χ0) is 18.7. The van der Waals surface area contributed by atoms with E-state index in [1.807, 2.05) is 36.4 Å². The Hall–Kier alpha value is -0.890. The van der Waals surface area contributed by atoms with E-state index in [-0.39, 0.29) is 10.7 Å². The van der Waals surface area contributed by atoms with E-state index in [1.54, 1.807) is 0 Å². The van der Waals surface area contributed by atoms with Crippen LogP contribution in [0.5, 0.6) is 0 Å². The minimum Gasteiger partial charge on any atom is -0.318 e. The highest BCUT2D eigenvalue weighted by molar-refractivity contribution is 7.73. The van der Waals surface area contributed by atoms with Gasteiger partial charge in [0, 0.05) is 54.9 Å². The third-order valence-electron chi connectivity index (χ3n) is 5.66. The quantitative estimate of drug-likeness (QED) is 0.563. The predicted octanol–water partition coefficient (Wildman–Crippen LogP) is 4.06. The monoisotopic (exact) mass is 362 g/mol. The van der Waals surface area contributed by atoms with Gasteiger partial charge in [0.1, 0.15) is 7.14 Å². The van der Waals surface area contributed by atoms with Crippen LogP contribution in [0.3, 0.4) is 0 Å². The maximum absolute atomic E-state index is 14.0. The molecule has 0 amide bonds. The van der Waals surface area contributed by atoms with Gasteiger partial charge >= 0.3 is 0 Å². The Balaban J connectivity index is 2.08. The summed E-state index contributed by atoms with van der Waals surface area (Å²) in [5.74, 6) is 0. The number of hydrogen-bond donors (Lipinski definition) is 0. The average molecular weight is 362 g/mol. The summed E-state index contributed by atoms with van der Waals surface area (Å²) < 4.78 is 14.0. The van der Waals surface area contributed by atoms with Gasteiger partial charge in [-0.25, -0.2) is 0 Å². The summed E-state index contributed by atoms with van der Waals surface area (Å²) in [6, 6.07) is 10.0. The standard InChI is InChI=1S/C21H35N2OP/c1-7-21(5,6)25(24,19-11-9-8-10-12-19)18-17-22-13-15-23(16-14-22)20(2,3)4/h7-12H,1,13-18H2,2-6H3. The highest BCUT2D eigenvalue weighted by atomic mass is 31.2. The second-order valence-electron chi connectivity index (χ2n) is 8.66. The number of allylic oxidation sites excluding steroid dienone is 1. The van der Waals surface area contributed by atoms with Crippen molar-refractivity contribution in [3.05, 3.63) is 43.0 Å². The predicted molar refractivity (Wildman–Crippen MR) is 111 cm³/mol. The summed E-state index contributed by atoms with van der Waals surface area (Å²) in [5, 5.41) is 0.593. The van der Waals surface area contributed by atoms with Crippen molar-refractivity contribution < 1.29 is 4.57 Å². The van der Waals surface area contributed by atoms with Crippen LogP contribution in [0.25, 0.3) is 0 Å². The first-order valence-corrected chi connectivity index (χ1v) is 11.3. The van der Waals surface area contributed by atoms with Gasteiger partial charge in [0.05, 0.1) is 0 Å². The van der Waals surface area contributed by atoms with Crippen molar-refractivity contribution in [3.8, 4) is 0 Å². The summed E-state index contributed by atoms with van der Waals surface area (Å²) >= 11 is 0. The molecule has 0 N–H and O–H groups in total. The molecule has 4 heteroatoms. The molecule has 1 unspecified atom stereocenters. The second-order valence-corrected chi connectivity index (χ2v) is 12.3. The molecule has 0 spiro atoms. The molecule has 1 heterocycles. The van der Waals surface area contributed by atoms with Gasteiger partial charge in [0.2, 0.25) is 0 Å². The van der Waals surface area contributed by atoms with Gasteiger partial charge in [-0.2, -0.15) is 0 Å². The molecule has 2 rings (SSSR count). The highest BCUT2D eigenvalue weighted by Crippen LogP contribution is 2.57. The first kappa shape index (κ1) is 20.4. The normalized spacial score (nSPS) is 20.2. The fraction of sp³-hybridized carbons (Fsp3) is 0.619. The molecule has 0 aromatic heterocycles. The van der Waals surface area contributed by atoms with Crippen molar-refractivity contribution in [1.82, 2.24) is 9.80 Å². The Morgan fingerprint density at radius 2 is 1.60 bits per heavy atom. The van der Waals surface area contributed by atoms with Crippen LogP contribution in [0.4, 0.5) is 0 Å². The summed E-state index contributed by atoms with van der Waals surface area (Å²) in [6.07, 6.45) is 2.59. The van der Waals surface area contributed by atoms with Crippen LogP contribution in [0.15, 0.2) is 43.0 Å². The fourth-order valence-electron chi connectivity index (χ4n) is 3.49. The van der Waals surface area contributed by atoms with E-state index in [0.29, 0.717) is 6.16 Å². The zero-order valence-electron chi connectivity index (χ0n) is 16.7. The zero-order valence-corrected chi connectivity index (χ0v) is 17.6. The summed E-state index contributed by atoms with van der Waals surface area (Å²) in [7, 11) is -2.56. The molecule has 1 aromatic carbocycles. The van der Waals surface area contributed by atoms with Crippen molar-refractivity contribution in [2.45, 2.75) is 45.3 Å². The Morgan fingerprint density at radius 1 is 1.04 bits per heavy atom. The lowest BCUT2D eigenvalue weighted by atomic mass is 10.1. The molecule has 1 atom stereocenters. The van der Waals surface area contributed by atoms with Gasteiger partial charge in [-0.1, -0.05) is 36.4 Å². The van der Waals surface area contributed by atoms with Gasteiger partial charge < -0.3 is 9.46 Å². The van der Waals surface area contributed by atoms with Gasteiger partial charge in [-0.3, -0.25) is 4.90 Å². The van der Waals surface area contributed by atoms with E-state index < -0.39 is 7.14 Å². The first-order chi connectivity index (χ1) is 11.6. The molecule has 0 saturated carbocycles. The van der Waals surface area contributed by atoms with E-state index in [1.165, 1.54) is 0 Å². The molecule has 1 aromatic rings. The van der Waals surface area contributed by atoms with Crippen LogP contribution in [-0.2, 0) is 4.57 Å². The van der Waals surface area contributed by atoms with E-state index in [9.17, 15) is 4.57 Å². The van der Waals surface area contributed by atoms with Crippen LogP contribution in [0.2, 0.25) is 0 Å². The molecule has 1 aliphatic rings. The number of nitrogens with zero attached hydrogens (tertiary/aromatic N) is 2. The maximum Gasteiger partial charge on any atom is 0.125 e. The van der Waals surface area contributed by atoms with Crippen molar-refractivity contribution in [2.24, 2.45) is 0 Å². The van der Waals surface area contributed by atoms with Gasteiger partial charge in [0.15, 0.2) is 0 Å². The Kier molecular flexibility index (Phi) is 6.35. The molecular weight excluding hydrogens is 327 g/mol. The molecule has 0 bridgehead atoms.